The van der Waals surface area contributed by atoms with Gasteiger partial charge in [0.1, 0.15) is 6.04 Å². The average molecular weight is 251 g/mol. The lowest BCUT2D eigenvalue weighted by atomic mass is 9.78. The van der Waals surface area contributed by atoms with Crippen molar-refractivity contribution in [1.29, 1.82) is 5.26 Å². The maximum absolute atomic E-state index is 11.5. The van der Waals surface area contributed by atoms with Crippen molar-refractivity contribution >= 4 is 5.91 Å². The number of carbonyl (C=O) groups excluding carboxylic acids is 1. The summed E-state index contributed by atoms with van der Waals surface area (Å²) in [4.78, 5) is 13.6. The second-order valence-electron chi connectivity index (χ2n) is 5.45. The largest absolute Gasteiger partial charge is 0.378 e. The summed E-state index contributed by atoms with van der Waals surface area (Å²) in [5, 5.41) is 9.28. The summed E-state index contributed by atoms with van der Waals surface area (Å²) in [5.41, 5.74) is 5.44. The molecule has 4 atom stereocenters. The summed E-state index contributed by atoms with van der Waals surface area (Å²) in [6, 6.07) is 2.18. The fourth-order valence-electron chi connectivity index (χ4n) is 3.13. The predicted octanol–water partition coefficient (Wildman–Crippen LogP) is 0.501. The summed E-state index contributed by atoms with van der Waals surface area (Å²) in [5.74, 6) is 0.279. The molecule has 0 aromatic rings. The van der Waals surface area contributed by atoms with Crippen molar-refractivity contribution < 1.29 is 9.53 Å². The van der Waals surface area contributed by atoms with Crippen molar-refractivity contribution in [2.45, 2.75) is 38.3 Å². The van der Waals surface area contributed by atoms with Crippen molar-refractivity contribution in [1.82, 2.24) is 4.90 Å². The molecule has 2 rings (SSSR count). The molecule has 0 aromatic heterocycles. The van der Waals surface area contributed by atoms with Crippen LogP contribution in [0.3, 0.4) is 0 Å². The third kappa shape index (κ3) is 2.65. The minimum atomic E-state index is -0.370. The number of carbonyl (C=O) groups is 1. The third-order valence-electron chi connectivity index (χ3n) is 4.17. The molecule has 1 aliphatic carbocycles. The molecule has 0 aromatic carbocycles. The van der Waals surface area contributed by atoms with Crippen LogP contribution >= 0.6 is 0 Å². The van der Waals surface area contributed by atoms with Crippen LogP contribution in [0.1, 0.15) is 26.2 Å². The number of morpholine rings is 1. The summed E-state index contributed by atoms with van der Waals surface area (Å²) in [7, 11) is 0. The fourth-order valence-corrected chi connectivity index (χ4v) is 3.13. The van der Waals surface area contributed by atoms with Gasteiger partial charge < -0.3 is 10.5 Å². The molecule has 1 heterocycles. The molecule has 1 saturated carbocycles. The number of nitriles is 1. The predicted molar refractivity (Wildman–Crippen MR) is 66.4 cm³/mol. The number of ether oxygens (including phenoxy) is 1. The maximum Gasteiger partial charge on any atom is 0.237 e. The summed E-state index contributed by atoms with van der Waals surface area (Å²) >= 11 is 0. The molecule has 18 heavy (non-hydrogen) atoms. The Bertz CT molecular complexity index is 353. The van der Waals surface area contributed by atoms with E-state index in [0.717, 1.165) is 19.3 Å². The molecular formula is C13H21N3O2. The van der Waals surface area contributed by atoms with Gasteiger partial charge in [-0.3, -0.25) is 9.69 Å². The van der Waals surface area contributed by atoms with E-state index in [9.17, 15) is 10.1 Å². The summed E-state index contributed by atoms with van der Waals surface area (Å²) in [6.45, 7) is 3.88. The smallest absolute Gasteiger partial charge is 0.237 e. The van der Waals surface area contributed by atoms with Crippen LogP contribution in [0.25, 0.3) is 0 Å². The highest BCUT2D eigenvalue weighted by Crippen LogP contribution is 2.33. The van der Waals surface area contributed by atoms with Gasteiger partial charge in [-0.25, -0.2) is 0 Å². The lowest BCUT2D eigenvalue weighted by Crippen LogP contribution is -2.58. The number of nitrogens with zero attached hydrogens (tertiary/aromatic N) is 2. The van der Waals surface area contributed by atoms with Crippen LogP contribution in [0.2, 0.25) is 0 Å². The zero-order chi connectivity index (χ0) is 13.1. The first-order valence-electron chi connectivity index (χ1n) is 6.66. The van der Waals surface area contributed by atoms with Crippen molar-refractivity contribution in [3.05, 3.63) is 0 Å². The first-order valence-corrected chi connectivity index (χ1v) is 6.66. The van der Waals surface area contributed by atoms with Gasteiger partial charge in [-0.15, -0.1) is 0 Å². The molecule has 0 radical (unpaired) electrons. The van der Waals surface area contributed by atoms with E-state index < -0.39 is 0 Å². The molecule has 2 aliphatic rings. The highest BCUT2D eigenvalue weighted by molar-refractivity contribution is 5.80. The number of amides is 1. The van der Waals surface area contributed by atoms with Crippen LogP contribution in [0.15, 0.2) is 0 Å². The number of primary amides is 1. The molecule has 1 amide bonds. The normalized spacial score (nSPS) is 38.0. The molecule has 100 valence electrons. The first kappa shape index (κ1) is 13.3. The van der Waals surface area contributed by atoms with Gasteiger partial charge in [-0.1, -0.05) is 6.92 Å². The van der Waals surface area contributed by atoms with Gasteiger partial charge >= 0.3 is 0 Å². The molecule has 0 bridgehead atoms. The van der Waals surface area contributed by atoms with Gasteiger partial charge in [0.25, 0.3) is 0 Å². The average Bonchev–Trinajstić information content (AvgIpc) is 2.38. The summed E-state index contributed by atoms with van der Waals surface area (Å²) in [6.07, 6.45) is 2.99. The van der Waals surface area contributed by atoms with Gasteiger partial charge in [0.15, 0.2) is 0 Å². The third-order valence-corrected chi connectivity index (χ3v) is 4.17. The van der Waals surface area contributed by atoms with Crippen LogP contribution in [0.4, 0.5) is 0 Å². The van der Waals surface area contributed by atoms with E-state index >= 15 is 0 Å². The van der Waals surface area contributed by atoms with Crippen molar-refractivity contribution in [3.8, 4) is 6.07 Å². The van der Waals surface area contributed by atoms with Crippen molar-refractivity contribution in [3.63, 3.8) is 0 Å². The van der Waals surface area contributed by atoms with E-state index in [4.69, 9.17) is 10.5 Å². The summed E-state index contributed by atoms with van der Waals surface area (Å²) < 4.78 is 5.33. The fraction of sp³-hybridized carbons (Fsp3) is 0.846. The van der Waals surface area contributed by atoms with E-state index in [2.05, 4.69) is 17.9 Å². The molecule has 1 saturated heterocycles. The number of hydrogen-bond acceptors (Lipinski definition) is 4. The van der Waals surface area contributed by atoms with Crippen LogP contribution in [0.5, 0.6) is 0 Å². The molecule has 4 unspecified atom stereocenters. The minimum absolute atomic E-state index is 0.0150. The highest BCUT2D eigenvalue weighted by Gasteiger charge is 2.39. The monoisotopic (exact) mass is 251 g/mol. The van der Waals surface area contributed by atoms with E-state index in [1.807, 2.05) is 0 Å². The maximum atomic E-state index is 11.5. The van der Waals surface area contributed by atoms with E-state index in [-0.39, 0.29) is 23.9 Å². The van der Waals surface area contributed by atoms with Gasteiger partial charge in [-0.2, -0.15) is 5.26 Å². The number of hydrogen-bond donors (Lipinski definition) is 1. The highest BCUT2D eigenvalue weighted by atomic mass is 16.5. The van der Waals surface area contributed by atoms with Crippen molar-refractivity contribution in [2.75, 3.05) is 19.8 Å². The van der Waals surface area contributed by atoms with Gasteiger partial charge in [0.05, 0.1) is 25.2 Å². The molecule has 2 fully saturated rings. The van der Waals surface area contributed by atoms with Crippen molar-refractivity contribution in [2.24, 2.45) is 17.6 Å². The SMILES string of the molecule is CC1CCC(C#N)C(N2CCOCC2C(N)=O)C1. The van der Waals surface area contributed by atoms with Gasteiger partial charge in [0, 0.05) is 12.6 Å². The van der Waals surface area contributed by atoms with Gasteiger partial charge in [0.2, 0.25) is 5.91 Å². The molecule has 5 heteroatoms. The Morgan fingerprint density at radius 2 is 2.28 bits per heavy atom. The molecule has 5 nitrogen and oxygen atoms in total. The quantitative estimate of drug-likeness (QED) is 0.775. The topological polar surface area (TPSA) is 79.3 Å². The second kappa shape index (κ2) is 5.68. The second-order valence-corrected chi connectivity index (χ2v) is 5.45. The van der Waals surface area contributed by atoms with Crippen LogP contribution < -0.4 is 5.73 Å². The Morgan fingerprint density at radius 1 is 1.50 bits per heavy atom. The minimum Gasteiger partial charge on any atom is -0.378 e. The van der Waals surface area contributed by atoms with Crippen LogP contribution in [-0.2, 0) is 9.53 Å². The lowest BCUT2D eigenvalue weighted by Gasteiger charge is -2.44. The van der Waals surface area contributed by atoms with Crippen LogP contribution in [-0.4, -0.2) is 42.6 Å². The number of rotatable bonds is 2. The Kier molecular flexibility index (Phi) is 4.20. The van der Waals surface area contributed by atoms with E-state index in [1.54, 1.807) is 0 Å². The Labute approximate surface area is 108 Å². The lowest BCUT2D eigenvalue weighted by molar-refractivity contribution is -0.133. The standard InChI is InChI=1S/C13H21N3O2/c1-9-2-3-10(7-14)11(6-9)16-4-5-18-8-12(16)13(15)17/h9-12H,2-6,8H2,1H3,(H2,15,17). The Balaban J connectivity index is 2.15. The Hall–Kier alpha value is -1.12. The zero-order valence-electron chi connectivity index (χ0n) is 10.8. The molecule has 2 N–H and O–H groups in total. The zero-order valence-corrected chi connectivity index (χ0v) is 10.8. The molecular weight excluding hydrogens is 230 g/mol. The van der Waals surface area contributed by atoms with Crippen LogP contribution in [0, 0.1) is 23.2 Å². The first-order chi connectivity index (χ1) is 8.63. The molecule has 1 aliphatic heterocycles. The van der Waals surface area contributed by atoms with E-state index in [1.165, 1.54) is 0 Å². The van der Waals surface area contributed by atoms with E-state index in [0.29, 0.717) is 25.7 Å². The van der Waals surface area contributed by atoms with Gasteiger partial charge in [-0.05, 0) is 25.2 Å². The molecule has 0 spiro atoms. The Morgan fingerprint density at radius 3 is 2.94 bits per heavy atom. The number of nitrogens with two attached hydrogens (primary N) is 1.